The molecule has 1 fully saturated rings. The van der Waals surface area contributed by atoms with Crippen LogP contribution in [0.15, 0.2) is 53.4 Å². The summed E-state index contributed by atoms with van der Waals surface area (Å²) in [6.07, 6.45) is 1.48. The Morgan fingerprint density at radius 3 is 2.29 bits per heavy atom. The molecule has 0 aliphatic carbocycles. The number of rotatable bonds is 4. The fourth-order valence-electron chi connectivity index (χ4n) is 3.11. The first-order valence-electron chi connectivity index (χ1n) is 8.26. The van der Waals surface area contributed by atoms with E-state index < -0.39 is 10.0 Å². The Morgan fingerprint density at radius 2 is 1.67 bits per heavy atom. The predicted molar refractivity (Wildman–Crippen MR) is 94.8 cm³/mol. The largest absolute Gasteiger partial charge is 0.490 e. The first kappa shape index (κ1) is 17.0. The average Bonchev–Trinajstić information content (AvgIpc) is 2.56. The summed E-state index contributed by atoms with van der Waals surface area (Å²) in [6.45, 7) is 4.81. The van der Waals surface area contributed by atoms with Crippen LogP contribution in [0.3, 0.4) is 0 Å². The molecule has 2 aromatic carbocycles. The molecule has 0 amide bonds. The number of para-hydroxylation sites is 1. The van der Waals surface area contributed by atoms with Crippen LogP contribution >= 0.6 is 0 Å². The number of aryl methyl sites for hydroxylation is 2. The number of ether oxygens (including phenoxy) is 1. The molecule has 0 spiro atoms. The average molecular weight is 345 g/mol. The Bertz CT molecular complexity index is 795. The zero-order valence-corrected chi connectivity index (χ0v) is 14.9. The zero-order chi connectivity index (χ0) is 17.2. The molecule has 0 bridgehead atoms. The van der Waals surface area contributed by atoms with E-state index in [4.69, 9.17) is 4.74 Å². The van der Waals surface area contributed by atoms with E-state index in [-0.39, 0.29) is 6.10 Å². The highest BCUT2D eigenvalue weighted by atomic mass is 32.2. The van der Waals surface area contributed by atoms with Gasteiger partial charge in [0.2, 0.25) is 10.0 Å². The summed E-state index contributed by atoms with van der Waals surface area (Å²) in [4.78, 5) is 0.413. The lowest BCUT2D eigenvalue weighted by Gasteiger charge is -2.31. The molecule has 0 atom stereocenters. The Morgan fingerprint density at radius 1 is 1.00 bits per heavy atom. The van der Waals surface area contributed by atoms with Gasteiger partial charge in [0, 0.05) is 13.1 Å². The molecule has 5 heteroatoms. The van der Waals surface area contributed by atoms with Crippen LogP contribution in [0.2, 0.25) is 0 Å². The highest BCUT2D eigenvalue weighted by molar-refractivity contribution is 7.89. The molecule has 2 aromatic rings. The van der Waals surface area contributed by atoms with Crippen molar-refractivity contribution in [1.82, 2.24) is 4.31 Å². The molecule has 0 unspecified atom stereocenters. The summed E-state index contributed by atoms with van der Waals surface area (Å²) in [5.74, 6) is 0.841. The van der Waals surface area contributed by atoms with Gasteiger partial charge in [-0.05, 0) is 50.5 Å². The Hall–Kier alpha value is -1.85. The summed E-state index contributed by atoms with van der Waals surface area (Å²) in [7, 11) is -3.43. The minimum Gasteiger partial charge on any atom is -0.490 e. The van der Waals surface area contributed by atoms with Gasteiger partial charge in [-0.3, -0.25) is 0 Å². The van der Waals surface area contributed by atoms with Crippen LogP contribution in [0.1, 0.15) is 24.0 Å². The Kier molecular flexibility index (Phi) is 4.92. The molecule has 24 heavy (non-hydrogen) atoms. The van der Waals surface area contributed by atoms with Crippen molar-refractivity contribution in [2.45, 2.75) is 37.7 Å². The molecule has 3 rings (SSSR count). The minimum atomic E-state index is -3.43. The number of benzene rings is 2. The van der Waals surface area contributed by atoms with Gasteiger partial charge in [-0.25, -0.2) is 8.42 Å². The first-order chi connectivity index (χ1) is 11.5. The summed E-state index contributed by atoms with van der Waals surface area (Å²) in [6, 6.07) is 15.2. The van der Waals surface area contributed by atoms with Gasteiger partial charge >= 0.3 is 0 Å². The molecule has 128 valence electrons. The topological polar surface area (TPSA) is 46.6 Å². The number of piperidine rings is 1. The lowest BCUT2D eigenvalue weighted by atomic mass is 10.1. The van der Waals surface area contributed by atoms with E-state index in [1.807, 2.05) is 56.3 Å². The van der Waals surface area contributed by atoms with Gasteiger partial charge in [0.15, 0.2) is 0 Å². The zero-order valence-electron chi connectivity index (χ0n) is 14.1. The number of sulfonamides is 1. The molecule has 0 radical (unpaired) electrons. The van der Waals surface area contributed by atoms with E-state index in [0.29, 0.717) is 30.8 Å². The molecule has 0 N–H and O–H groups in total. The molecular formula is C19H23NO3S. The second-order valence-electron chi connectivity index (χ2n) is 6.30. The van der Waals surface area contributed by atoms with Crippen LogP contribution in [-0.4, -0.2) is 31.9 Å². The Balaban J connectivity index is 1.67. The monoisotopic (exact) mass is 345 g/mol. The fourth-order valence-corrected chi connectivity index (χ4v) is 4.79. The van der Waals surface area contributed by atoms with Crippen molar-refractivity contribution in [2.24, 2.45) is 0 Å². The number of hydrogen-bond donors (Lipinski definition) is 0. The molecule has 1 heterocycles. The fraction of sp³-hybridized carbons (Fsp3) is 0.368. The molecule has 1 aliphatic heterocycles. The maximum Gasteiger partial charge on any atom is 0.243 e. The predicted octanol–water partition coefficient (Wildman–Crippen LogP) is 3.54. The van der Waals surface area contributed by atoms with Crippen molar-refractivity contribution in [3.05, 3.63) is 59.7 Å². The van der Waals surface area contributed by atoms with Crippen molar-refractivity contribution in [1.29, 1.82) is 0 Å². The molecule has 1 aliphatic rings. The lowest BCUT2D eigenvalue weighted by molar-refractivity contribution is 0.135. The third kappa shape index (κ3) is 3.62. The summed E-state index contributed by atoms with van der Waals surface area (Å²) in [5.41, 5.74) is 1.87. The van der Waals surface area contributed by atoms with Gasteiger partial charge in [-0.2, -0.15) is 4.31 Å². The van der Waals surface area contributed by atoms with Crippen LogP contribution in [0.25, 0.3) is 0 Å². The standard InChI is InChI=1S/C19H23NO3S/c1-15-8-9-19(16(2)14-15)24(21,22)20-12-10-18(11-13-20)23-17-6-4-3-5-7-17/h3-9,14,18H,10-13H2,1-2H3. The highest BCUT2D eigenvalue weighted by Gasteiger charge is 2.31. The third-order valence-corrected chi connectivity index (χ3v) is 6.45. The molecular weight excluding hydrogens is 322 g/mol. The number of hydrogen-bond acceptors (Lipinski definition) is 3. The maximum absolute atomic E-state index is 12.9. The summed E-state index contributed by atoms with van der Waals surface area (Å²) in [5, 5.41) is 0. The van der Waals surface area contributed by atoms with Crippen molar-refractivity contribution in [2.75, 3.05) is 13.1 Å². The molecule has 0 saturated carbocycles. The van der Waals surface area contributed by atoms with Crippen molar-refractivity contribution < 1.29 is 13.2 Å². The van der Waals surface area contributed by atoms with E-state index in [2.05, 4.69) is 0 Å². The van der Waals surface area contributed by atoms with Crippen LogP contribution in [0.5, 0.6) is 5.75 Å². The van der Waals surface area contributed by atoms with Crippen molar-refractivity contribution in [3.8, 4) is 5.75 Å². The van der Waals surface area contributed by atoms with E-state index >= 15 is 0 Å². The maximum atomic E-state index is 12.9. The lowest BCUT2D eigenvalue weighted by Crippen LogP contribution is -2.41. The van der Waals surface area contributed by atoms with E-state index in [1.54, 1.807) is 10.4 Å². The second-order valence-corrected chi connectivity index (χ2v) is 8.21. The van der Waals surface area contributed by atoms with Crippen LogP contribution in [-0.2, 0) is 10.0 Å². The van der Waals surface area contributed by atoms with Crippen molar-refractivity contribution >= 4 is 10.0 Å². The van der Waals surface area contributed by atoms with E-state index in [9.17, 15) is 8.42 Å². The van der Waals surface area contributed by atoms with Crippen LogP contribution < -0.4 is 4.74 Å². The molecule has 4 nitrogen and oxygen atoms in total. The van der Waals surface area contributed by atoms with E-state index in [0.717, 1.165) is 16.9 Å². The highest BCUT2D eigenvalue weighted by Crippen LogP contribution is 2.25. The molecule has 0 aromatic heterocycles. The minimum absolute atomic E-state index is 0.0676. The van der Waals surface area contributed by atoms with Gasteiger partial charge in [-0.15, -0.1) is 0 Å². The smallest absolute Gasteiger partial charge is 0.243 e. The van der Waals surface area contributed by atoms with Crippen molar-refractivity contribution in [3.63, 3.8) is 0 Å². The summed E-state index contributed by atoms with van der Waals surface area (Å²) >= 11 is 0. The van der Waals surface area contributed by atoms with Crippen LogP contribution in [0.4, 0.5) is 0 Å². The van der Waals surface area contributed by atoms with Crippen LogP contribution in [0, 0.1) is 13.8 Å². The second kappa shape index (κ2) is 6.95. The van der Waals surface area contributed by atoms with Gasteiger partial charge < -0.3 is 4.74 Å². The normalized spacial score (nSPS) is 16.9. The molecule has 1 saturated heterocycles. The van der Waals surface area contributed by atoms with E-state index in [1.165, 1.54) is 0 Å². The summed E-state index contributed by atoms with van der Waals surface area (Å²) < 4.78 is 33.3. The Labute approximate surface area is 144 Å². The first-order valence-corrected chi connectivity index (χ1v) is 9.70. The quantitative estimate of drug-likeness (QED) is 0.851. The third-order valence-electron chi connectivity index (χ3n) is 4.40. The number of nitrogens with zero attached hydrogens (tertiary/aromatic N) is 1. The van der Waals surface area contributed by atoms with Gasteiger partial charge in [-0.1, -0.05) is 35.9 Å². The van der Waals surface area contributed by atoms with Gasteiger partial charge in [0.05, 0.1) is 4.90 Å². The van der Waals surface area contributed by atoms with Gasteiger partial charge in [0.1, 0.15) is 11.9 Å². The SMILES string of the molecule is Cc1ccc(S(=O)(=O)N2CCC(Oc3ccccc3)CC2)c(C)c1. The van der Waals surface area contributed by atoms with Gasteiger partial charge in [0.25, 0.3) is 0 Å².